The largest absolute Gasteiger partial charge is 0.299 e. The van der Waals surface area contributed by atoms with E-state index in [0.29, 0.717) is 6.42 Å². The van der Waals surface area contributed by atoms with Crippen molar-refractivity contribution in [2.75, 3.05) is 0 Å². The highest BCUT2D eigenvalue weighted by Gasteiger charge is 2.17. The summed E-state index contributed by atoms with van der Waals surface area (Å²) < 4.78 is 0. The topological polar surface area (TPSA) is 30.0 Å². The number of carbonyl (C=O) groups excluding carboxylic acids is 1. The van der Waals surface area contributed by atoms with Gasteiger partial charge in [0, 0.05) is 12.6 Å². The van der Waals surface area contributed by atoms with Gasteiger partial charge in [0.25, 0.3) is 0 Å². The molecule has 2 nitrogen and oxygen atoms in total. The standard InChI is InChI=1S/C11H15NO/c1-3-9(11(13)4-2)10-7-5-6-8-12-10/h5-9H,3-4H2,1-2H3. The second-order valence-corrected chi connectivity index (χ2v) is 3.04. The number of Topliss-reactive ketones (excluding diaryl/α,β-unsaturated/α-hetero) is 1. The summed E-state index contributed by atoms with van der Waals surface area (Å²) in [7, 11) is 0. The molecule has 1 aromatic rings. The van der Waals surface area contributed by atoms with E-state index in [1.54, 1.807) is 6.20 Å². The number of pyridine rings is 1. The van der Waals surface area contributed by atoms with Gasteiger partial charge in [0.2, 0.25) is 0 Å². The normalized spacial score (nSPS) is 12.5. The second-order valence-electron chi connectivity index (χ2n) is 3.04. The number of nitrogens with zero attached hydrogens (tertiary/aromatic N) is 1. The molecule has 0 aliphatic heterocycles. The Labute approximate surface area is 79.0 Å². The molecule has 70 valence electrons. The van der Waals surface area contributed by atoms with Crippen molar-refractivity contribution in [3.63, 3.8) is 0 Å². The van der Waals surface area contributed by atoms with Gasteiger partial charge < -0.3 is 0 Å². The van der Waals surface area contributed by atoms with Crippen LogP contribution in [0.4, 0.5) is 0 Å². The molecule has 0 aliphatic carbocycles. The van der Waals surface area contributed by atoms with Crippen molar-refractivity contribution in [2.45, 2.75) is 32.6 Å². The fourth-order valence-corrected chi connectivity index (χ4v) is 1.43. The van der Waals surface area contributed by atoms with E-state index >= 15 is 0 Å². The third-order valence-corrected chi connectivity index (χ3v) is 2.19. The Morgan fingerprint density at radius 1 is 1.46 bits per heavy atom. The molecular formula is C11H15NO. The van der Waals surface area contributed by atoms with E-state index in [0.717, 1.165) is 12.1 Å². The van der Waals surface area contributed by atoms with E-state index in [2.05, 4.69) is 4.98 Å². The number of ketones is 1. The maximum atomic E-state index is 11.5. The summed E-state index contributed by atoms with van der Waals surface area (Å²) in [6, 6.07) is 5.71. The van der Waals surface area contributed by atoms with Gasteiger partial charge in [0.15, 0.2) is 0 Å². The quantitative estimate of drug-likeness (QED) is 0.707. The number of rotatable bonds is 4. The molecule has 0 N–H and O–H groups in total. The van der Waals surface area contributed by atoms with Gasteiger partial charge in [-0.3, -0.25) is 9.78 Å². The molecule has 0 saturated carbocycles. The minimum atomic E-state index is -0.00815. The molecule has 1 rings (SSSR count). The first-order chi connectivity index (χ1) is 6.29. The molecule has 0 saturated heterocycles. The van der Waals surface area contributed by atoms with Crippen LogP contribution in [0.3, 0.4) is 0 Å². The molecule has 13 heavy (non-hydrogen) atoms. The van der Waals surface area contributed by atoms with Crippen LogP contribution in [0.5, 0.6) is 0 Å². The summed E-state index contributed by atoms with van der Waals surface area (Å²) in [6.45, 7) is 3.92. The molecule has 2 heteroatoms. The van der Waals surface area contributed by atoms with Crippen LogP contribution in [-0.4, -0.2) is 10.8 Å². The fourth-order valence-electron chi connectivity index (χ4n) is 1.43. The van der Waals surface area contributed by atoms with Crippen LogP contribution in [0.25, 0.3) is 0 Å². The van der Waals surface area contributed by atoms with Gasteiger partial charge in [-0.2, -0.15) is 0 Å². The van der Waals surface area contributed by atoms with E-state index in [9.17, 15) is 4.79 Å². The Hall–Kier alpha value is -1.18. The lowest BCUT2D eigenvalue weighted by atomic mass is 9.95. The SMILES string of the molecule is CCC(=O)C(CC)c1ccccn1. The Morgan fingerprint density at radius 2 is 2.23 bits per heavy atom. The highest BCUT2D eigenvalue weighted by Crippen LogP contribution is 2.18. The van der Waals surface area contributed by atoms with Gasteiger partial charge >= 0.3 is 0 Å². The average Bonchev–Trinajstić information content (AvgIpc) is 2.20. The molecule has 1 heterocycles. The lowest BCUT2D eigenvalue weighted by Crippen LogP contribution is -2.11. The molecule has 1 aromatic heterocycles. The van der Waals surface area contributed by atoms with Crippen LogP contribution >= 0.6 is 0 Å². The third-order valence-electron chi connectivity index (χ3n) is 2.19. The predicted molar refractivity (Wildman–Crippen MR) is 52.6 cm³/mol. The predicted octanol–water partition coefficient (Wildman–Crippen LogP) is 2.55. The van der Waals surface area contributed by atoms with Gasteiger partial charge in [-0.1, -0.05) is 19.9 Å². The summed E-state index contributed by atoms with van der Waals surface area (Å²) in [5, 5.41) is 0. The van der Waals surface area contributed by atoms with Crippen LogP contribution < -0.4 is 0 Å². The zero-order chi connectivity index (χ0) is 9.68. The molecular weight excluding hydrogens is 162 g/mol. The smallest absolute Gasteiger partial charge is 0.141 e. The molecule has 0 aliphatic rings. The van der Waals surface area contributed by atoms with E-state index in [1.807, 2.05) is 32.0 Å². The minimum absolute atomic E-state index is 0.00815. The van der Waals surface area contributed by atoms with Crippen molar-refractivity contribution >= 4 is 5.78 Å². The van der Waals surface area contributed by atoms with Crippen molar-refractivity contribution in [1.82, 2.24) is 4.98 Å². The molecule has 0 bridgehead atoms. The summed E-state index contributed by atoms with van der Waals surface area (Å²) in [5.41, 5.74) is 0.900. The first kappa shape index (κ1) is 9.90. The molecule has 0 amide bonds. The van der Waals surface area contributed by atoms with Crippen LogP contribution in [0.2, 0.25) is 0 Å². The zero-order valence-corrected chi connectivity index (χ0v) is 8.16. The van der Waals surface area contributed by atoms with Crippen molar-refractivity contribution in [3.05, 3.63) is 30.1 Å². The first-order valence-electron chi connectivity index (χ1n) is 4.73. The van der Waals surface area contributed by atoms with E-state index < -0.39 is 0 Å². The molecule has 1 unspecified atom stereocenters. The molecule has 1 atom stereocenters. The molecule has 0 radical (unpaired) electrons. The Bertz CT molecular complexity index is 269. The first-order valence-corrected chi connectivity index (χ1v) is 4.73. The Morgan fingerprint density at radius 3 is 2.69 bits per heavy atom. The van der Waals surface area contributed by atoms with Crippen molar-refractivity contribution < 1.29 is 4.79 Å². The summed E-state index contributed by atoms with van der Waals surface area (Å²) >= 11 is 0. The zero-order valence-electron chi connectivity index (χ0n) is 8.16. The monoisotopic (exact) mass is 177 g/mol. The summed E-state index contributed by atoms with van der Waals surface area (Å²) in [4.78, 5) is 15.7. The van der Waals surface area contributed by atoms with Gasteiger partial charge in [-0.05, 0) is 18.6 Å². The molecule has 0 spiro atoms. The number of hydrogen-bond acceptors (Lipinski definition) is 2. The van der Waals surface area contributed by atoms with Crippen LogP contribution in [0.1, 0.15) is 38.3 Å². The van der Waals surface area contributed by atoms with Crippen molar-refractivity contribution in [3.8, 4) is 0 Å². The second kappa shape index (κ2) is 4.75. The van der Waals surface area contributed by atoms with Crippen LogP contribution in [0.15, 0.2) is 24.4 Å². The van der Waals surface area contributed by atoms with E-state index in [1.165, 1.54) is 0 Å². The Kier molecular flexibility index (Phi) is 3.62. The van der Waals surface area contributed by atoms with Crippen molar-refractivity contribution in [1.29, 1.82) is 0 Å². The van der Waals surface area contributed by atoms with Gasteiger partial charge in [-0.15, -0.1) is 0 Å². The number of hydrogen-bond donors (Lipinski definition) is 0. The minimum Gasteiger partial charge on any atom is -0.299 e. The van der Waals surface area contributed by atoms with E-state index in [4.69, 9.17) is 0 Å². The van der Waals surface area contributed by atoms with Gasteiger partial charge in [0.1, 0.15) is 5.78 Å². The van der Waals surface area contributed by atoms with Crippen LogP contribution in [-0.2, 0) is 4.79 Å². The maximum Gasteiger partial charge on any atom is 0.141 e. The van der Waals surface area contributed by atoms with Crippen LogP contribution in [0, 0.1) is 0 Å². The molecule has 0 fully saturated rings. The van der Waals surface area contributed by atoms with Gasteiger partial charge in [0.05, 0.1) is 11.6 Å². The number of carbonyl (C=O) groups is 1. The highest BCUT2D eigenvalue weighted by atomic mass is 16.1. The third kappa shape index (κ3) is 2.38. The number of aromatic nitrogens is 1. The summed E-state index contributed by atoms with van der Waals surface area (Å²) in [6.07, 6.45) is 3.17. The maximum absolute atomic E-state index is 11.5. The highest BCUT2D eigenvalue weighted by molar-refractivity contribution is 5.84. The van der Waals surface area contributed by atoms with Crippen molar-refractivity contribution in [2.24, 2.45) is 0 Å². The lowest BCUT2D eigenvalue weighted by Gasteiger charge is -2.11. The Balaban J connectivity index is 2.85. The molecule has 0 aromatic carbocycles. The van der Waals surface area contributed by atoms with E-state index in [-0.39, 0.29) is 11.7 Å². The lowest BCUT2D eigenvalue weighted by molar-refractivity contribution is -0.120. The van der Waals surface area contributed by atoms with Gasteiger partial charge in [-0.25, -0.2) is 0 Å². The fraction of sp³-hybridized carbons (Fsp3) is 0.455. The average molecular weight is 177 g/mol. The summed E-state index contributed by atoms with van der Waals surface area (Å²) in [5.74, 6) is 0.271.